The molecule has 3 atom stereocenters. The Morgan fingerprint density at radius 3 is 2.89 bits per heavy atom. The number of aryl methyl sites for hydroxylation is 1. The summed E-state index contributed by atoms with van der Waals surface area (Å²) in [4.78, 5) is 0. The van der Waals surface area contributed by atoms with Crippen molar-refractivity contribution in [1.82, 2.24) is 0 Å². The van der Waals surface area contributed by atoms with Gasteiger partial charge in [-0.05, 0) is 43.2 Å². The Labute approximate surface area is 115 Å². The molecule has 0 aliphatic heterocycles. The summed E-state index contributed by atoms with van der Waals surface area (Å²) in [7, 11) is 0. The van der Waals surface area contributed by atoms with Crippen molar-refractivity contribution in [3.63, 3.8) is 0 Å². The maximum absolute atomic E-state index is 6.44. The second-order valence-electron chi connectivity index (χ2n) is 6.02. The van der Waals surface area contributed by atoms with E-state index in [1.54, 1.807) is 0 Å². The molecule has 1 fully saturated rings. The topological polar surface area (TPSA) is 39.2 Å². The van der Waals surface area contributed by atoms with Crippen molar-refractivity contribution in [3.05, 3.63) is 35.6 Å². The summed E-state index contributed by atoms with van der Waals surface area (Å²) < 4.78 is 6.02. The summed E-state index contributed by atoms with van der Waals surface area (Å²) in [5, 5.41) is 1.18. The molecule has 1 aliphatic rings. The molecule has 1 aliphatic carbocycles. The van der Waals surface area contributed by atoms with Crippen molar-refractivity contribution >= 4 is 11.0 Å². The SMILES string of the molecule is CCC1CCC(C(N)c2cc3cccc(C)c3o2)C1. The monoisotopic (exact) mass is 257 g/mol. The van der Waals surface area contributed by atoms with Crippen molar-refractivity contribution in [1.29, 1.82) is 0 Å². The largest absolute Gasteiger partial charge is 0.459 e. The molecule has 0 radical (unpaired) electrons. The fourth-order valence-corrected chi connectivity index (χ4v) is 3.44. The first kappa shape index (κ1) is 12.7. The molecule has 102 valence electrons. The lowest BCUT2D eigenvalue weighted by Crippen LogP contribution is -2.18. The van der Waals surface area contributed by atoms with Crippen LogP contribution in [0.1, 0.15) is 50.0 Å². The van der Waals surface area contributed by atoms with Crippen LogP contribution in [0.2, 0.25) is 0 Å². The van der Waals surface area contributed by atoms with Gasteiger partial charge in [-0.15, -0.1) is 0 Å². The standard InChI is InChI=1S/C17H23NO/c1-3-12-7-8-13(9-12)16(18)15-10-14-6-4-5-11(2)17(14)19-15/h4-6,10,12-13,16H,3,7-9,18H2,1-2H3. The molecule has 0 spiro atoms. The first-order chi connectivity index (χ1) is 9.19. The Bertz CT molecular complexity index is 572. The van der Waals surface area contributed by atoms with Crippen LogP contribution in [0, 0.1) is 18.8 Å². The summed E-state index contributed by atoms with van der Waals surface area (Å²) in [6.07, 6.45) is 5.11. The van der Waals surface area contributed by atoms with E-state index < -0.39 is 0 Å². The molecule has 0 amide bonds. The fourth-order valence-electron chi connectivity index (χ4n) is 3.44. The molecule has 0 saturated heterocycles. The zero-order chi connectivity index (χ0) is 13.4. The van der Waals surface area contributed by atoms with E-state index >= 15 is 0 Å². The van der Waals surface area contributed by atoms with Gasteiger partial charge in [0.05, 0.1) is 6.04 Å². The van der Waals surface area contributed by atoms with Crippen LogP contribution in [0.25, 0.3) is 11.0 Å². The van der Waals surface area contributed by atoms with Crippen LogP contribution in [-0.4, -0.2) is 0 Å². The zero-order valence-electron chi connectivity index (χ0n) is 11.9. The van der Waals surface area contributed by atoms with Crippen LogP contribution in [0.3, 0.4) is 0 Å². The molecule has 1 aromatic heterocycles. The van der Waals surface area contributed by atoms with E-state index in [-0.39, 0.29) is 6.04 Å². The molecule has 3 rings (SSSR count). The molecule has 1 heterocycles. The highest BCUT2D eigenvalue weighted by atomic mass is 16.3. The van der Waals surface area contributed by atoms with Crippen LogP contribution in [-0.2, 0) is 0 Å². The van der Waals surface area contributed by atoms with Crippen molar-refractivity contribution in [3.8, 4) is 0 Å². The second kappa shape index (κ2) is 5.01. The fraction of sp³-hybridized carbons (Fsp3) is 0.529. The van der Waals surface area contributed by atoms with Gasteiger partial charge in [0.15, 0.2) is 0 Å². The normalized spacial score (nSPS) is 25.0. The molecular formula is C17H23NO. The smallest absolute Gasteiger partial charge is 0.137 e. The third kappa shape index (κ3) is 2.30. The van der Waals surface area contributed by atoms with Gasteiger partial charge >= 0.3 is 0 Å². The van der Waals surface area contributed by atoms with Gasteiger partial charge in [-0.1, -0.05) is 38.0 Å². The van der Waals surface area contributed by atoms with Crippen LogP contribution in [0.4, 0.5) is 0 Å². The van der Waals surface area contributed by atoms with Crippen molar-refractivity contribution in [2.24, 2.45) is 17.6 Å². The number of furan rings is 1. The predicted molar refractivity (Wildman–Crippen MR) is 79.0 cm³/mol. The molecule has 19 heavy (non-hydrogen) atoms. The first-order valence-corrected chi connectivity index (χ1v) is 7.43. The minimum atomic E-state index is 0.0587. The number of hydrogen-bond donors (Lipinski definition) is 1. The lowest BCUT2D eigenvalue weighted by atomic mass is 9.95. The number of nitrogens with two attached hydrogens (primary N) is 1. The summed E-state index contributed by atoms with van der Waals surface area (Å²) in [5.74, 6) is 2.42. The average molecular weight is 257 g/mol. The van der Waals surface area contributed by atoms with E-state index in [4.69, 9.17) is 10.2 Å². The van der Waals surface area contributed by atoms with Crippen molar-refractivity contribution in [2.75, 3.05) is 0 Å². The Morgan fingerprint density at radius 2 is 2.21 bits per heavy atom. The maximum atomic E-state index is 6.44. The third-order valence-corrected chi connectivity index (χ3v) is 4.76. The highest BCUT2D eigenvalue weighted by Gasteiger charge is 2.30. The number of benzene rings is 1. The number of hydrogen-bond acceptors (Lipinski definition) is 2. The van der Waals surface area contributed by atoms with Gasteiger partial charge in [0.2, 0.25) is 0 Å². The Hall–Kier alpha value is -1.28. The average Bonchev–Trinajstić information content (AvgIpc) is 3.05. The van der Waals surface area contributed by atoms with E-state index in [0.29, 0.717) is 5.92 Å². The van der Waals surface area contributed by atoms with Gasteiger partial charge in [0, 0.05) is 5.39 Å². The summed E-state index contributed by atoms with van der Waals surface area (Å²) in [6.45, 7) is 4.37. The first-order valence-electron chi connectivity index (χ1n) is 7.43. The quantitative estimate of drug-likeness (QED) is 0.875. The Morgan fingerprint density at radius 1 is 1.37 bits per heavy atom. The maximum Gasteiger partial charge on any atom is 0.137 e. The van der Waals surface area contributed by atoms with E-state index in [0.717, 1.165) is 17.3 Å². The van der Waals surface area contributed by atoms with Gasteiger partial charge in [-0.2, -0.15) is 0 Å². The lowest BCUT2D eigenvalue weighted by Gasteiger charge is -2.16. The van der Waals surface area contributed by atoms with Gasteiger partial charge in [0.1, 0.15) is 11.3 Å². The molecule has 2 aromatic rings. The van der Waals surface area contributed by atoms with E-state index in [9.17, 15) is 0 Å². The highest BCUT2D eigenvalue weighted by molar-refractivity contribution is 5.81. The molecule has 2 N–H and O–H groups in total. The van der Waals surface area contributed by atoms with E-state index in [1.165, 1.54) is 36.6 Å². The molecule has 0 bridgehead atoms. The molecule has 1 aromatic carbocycles. The van der Waals surface area contributed by atoms with Crippen LogP contribution < -0.4 is 5.73 Å². The molecule has 3 unspecified atom stereocenters. The number of fused-ring (bicyclic) bond motifs is 1. The molecular weight excluding hydrogens is 234 g/mol. The lowest BCUT2D eigenvalue weighted by molar-refractivity contribution is 0.366. The minimum absolute atomic E-state index is 0.0587. The third-order valence-electron chi connectivity index (χ3n) is 4.76. The number of rotatable bonds is 3. The molecule has 1 saturated carbocycles. The van der Waals surface area contributed by atoms with Gasteiger partial charge in [-0.3, -0.25) is 0 Å². The van der Waals surface area contributed by atoms with Gasteiger partial charge < -0.3 is 10.2 Å². The Kier molecular flexibility index (Phi) is 3.36. The molecule has 2 nitrogen and oxygen atoms in total. The van der Waals surface area contributed by atoms with Crippen molar-refractivity contribution < 1.29 is 4.42 Å². The summed E-state index contributed by atoms with van der Waals surface area (Å²) >= 11 is 0. The van der Waals surface area contributed by atoms with Gasteiger partial charge in [0.25, 0.3) is 0 Å². The Balaban J connectivity index is 1.86. The highest BCUT2D eigenvalue weighted by Crippen LogP contribution is 2.40. The van der Waals surface area contributed by atoms with Gasteiger partial charge in [-0.25, -0.2) is 0 Å². The second-order valence-corrected chi connectivity index (χ2v) is 6.02. The zero-order valence-corrected chi connectivity index (χ0v) is 11.9. The van der Waals surface area contributed by atoms with E-state index in [2.05, 4.69) is 38.1 Å². The van der Waals surface area contributed by atoms with Crippen LogP contribution in [0.5, 0.6) is 0 Å². The van der Waals surface area contributed by atoms with Crippen LogP contribution >= 0.6 is 0 Å². The van der Waals surface area contributed by atoms with Crippen LogP contribution in [0.15, 0.2) is 28.7 Å². The van der Waals surface area contributed by atoms with Crippen molar-refractivity contribution in [2.45, 2.75) is 45.6 Å². The predicted octanol–water partition coefficient (Wildman–Crippen LogP) is 4.57. The summed E-state index contributed by atoms with van der Waals surface area (Å²) in [5.41, 5.74) is 8.62. The minimum Gasteiger partial charge on any atom is -0.459 e. The summed E-state index contributed by atoms with van der Waals surface area (Å²) in [6, 6.07) is 8.45. The number of para-hydroxylation sites is 1. The molecule has 2 heteroatoms. The van der Waals surface area contributed by atoms with E-state index in [1.807, 2.05) is 0 Å².